The van der Waals surface area contributed by atoms with E-state index in [2.05, 4.69) is 32.2 Å². The van der Waals surface area contributed by atoms with Gasteiger partial charge in [-0.15, -0.1) is 0 Å². The minimum Gasteiger partial charge on any atom is -0.497 e. The van der Waals surface area contributed by atoms with Crippen LogP contribution in [0.25, 0.3) is 0 Å². The first-order chi connectivity index (χ1) is 33.4. The van der Waals surface area contributed by atoms with Gasteiger partial charge in [0.05, 0.1) is 57.9 Å². The van der Waals surface area contributed by atoms with Crippen LogP contribution in [0.1, 0.15) is 30.0 Å². The molecule has 1 spiro atoms. The highest BCUT2D eigenvalue weighted by atomic mass is 28.3. The van der Waals surface area contributed by atoms with Crippen molar-refractivity contribution in [1.82, 2.24) is 4.90 Å². The first-order valence-corrected chi connectivity index (χ1v) is 26.4. The fourth-order valence-electron chi connectivity index (χ4n) is 11.1. The summed E-state index contributed by atoms with van der Waals surface area (Å²) in [5.74, 6) is 0.427. The number of methoxy groups -OCH3 is 1. The number of hydrogen-bond acceptors (Lipinski definition) is 9. The third-order valence-corrected chi connectivity index (χ3v) is 18.7. The van der Waals surface area contributed by atoms with E-state index in [-0.39, 0.29) is 68.5 Å². The average Bonchev–Trinajstić information content (AvgIpc) is 3.79. The van der Waals surface area contributed by atoms with Crippen LogP contribution >= 0.6 is 0 Å². The van der Waals surface area contributed by atoms with Gasteiger partial charge < -0.3 is 33.9 Å². The SMILES string of the molecule is COc1ccc([Si](C)(C)[C@H]2[C@H](CC(=O)N(CCO)Cc3ccccc3)O[C@@]3(C(=O)N(Cc4cccc(N5C(=O)COc6ccccc65)c4)c4ccc(N5C(=O)COc6ccccc65)cc43)[C@@H]2C)cc1. The van der Waals surface area contributed by atoms with E-state index < -0.39 is 25.7 Å². The second kappa shape index (κ2) is 18.3. The summed E-state index contributed by atoms with van der Waals surface area (Å²) in [5, 5.41) is 11.3. The van der Waals surface area contributed by atoms with Gasteiger partial charge >= 0.3 is 0 Å². The lowest BCUT2D eigenvalue weighted by Crippen LogP contribution is -2.52. The summed E-state index contributed by atoms with van der Waals surface area (Å²) in [6.07, 6.45) is -0.764. The molecule has 4 atom stereocenters. The Kier molecular flexibility index (Phi) is 12.1. The third kappa shape index (κ3) is 8.01. The van der Waals surface area contributed by atoms with Gasteiger partial charge in [0.1, 0.15) is 17.2 Å². The number of benzene rings is 6. The highest BCUT2D eigenvalue weighted by Crippen LogP contribution is 2.61. The Morgan fingerprint density at radius 2 is 1.35 bits per heavy atom. The van der Waals surface area contributed by atoms with E-state index in [1.54, 1.807) is 26.7 Å². The number of nitrogens with zero attached hydrogens (tertiary/aromatic N) is 4. The topological polar surface area (TPSA) is 138 Å². The normalized spacial score (nSPS) is 20.6. The molecule has 0 unspecified atom stereocenters. The summed E-state index contributed by atoms with van der Waals surface area (Å²) in [4.78, 5) is 64.8. The molecule has 4 amide bonds. The Labute approximate surface area is 402 Å². The summed E-state index contributed by atoms with van der Waals surface area (Å²) in [6, 6.07) is 45.7. The summed E-state index contributed by atoms with van der Waals surface area (Å²) in [6.45, 7) is 6.65. The van der Waals surface area contributed by atoms with E-state index in [1.807, 2.05) is 133 Å². The molecule has 0 bridgehead atoms. The Morgan fingerprint density at radius 1 is 0.739 bits per heavy atom. The molecule has 4 heterocycles. The molecule has 10 rings (SSSR count). The van der Waals surface area contributed by atoms with Gasteiger partial charge in [0.15, 0.2) is 18.8 Å². The van der Waals surface area contributed by atoms with Crippen LogP contribution in [0.15, 0.2) is 146 Å². The van der Waals surface area contributed by atoms with Crippen molar-refractivity contribution >= 4 is 65.3 Å². The number of fused-ring (bicyclic) bond motifs is 4. The van der Waals surface area contributed by atoms with Crippen LogP contribution in [0.5, 0.6) is 17.2 Å². The van der Waals surface area contributed by atoms with Crippen molar-refractivity contribution in [3.63, 3.8) is 0 Å². The number of hydrogen-bond donors (Lipinski definition) is 1. The van der Waals surface area contributed by atoms with Gasteiger partial charge in [0, 0.05) is 35.9 Å². The maximum atomic E-state index is 16.0. The molecule has 0 radical (unpaired) electrons. The number of amides is 4. The van der Waals surface area contributed by atoms with E-state index in [4.69, 9.17) is 18.9 Å². The molecule has 6 aromatic rings. The highest BCUT2D eigenvalue weighted by molar-refractivity contribution is 6.91. The Bertz CT molecular complexity index is 2950. The van der Waals surface area contributed by atoms with Crippen molar-refractivity contribution in [3.8, 4) is 17.2 Å². The van der Waals surface area contributed by atoms with Crippen LogP contribution < -0.4 is 34.1 Å². The molecular weight excluding hydrogens is 889 g/mol. The van der Waals surface area contributed by atoms with Gasteiger partial charge in [-0.3, -0.25) is 29.0 Å². The van der Waals surface area contributed by atoms with Crippen LogP contribution in [0, 0.1) is 5.92 Å². The predicted molar refractivity (Wildman–Crippen MR) is 265 cm³/mol. The Balaban J connectivity index is 1.09. The largest absolute Gasteiger partial charge is 0.497 e. The molecule has 1 N–H and O–H groups in total. The maximum absolute atomic E-state index is 16.0. The fraction of sp³-hybridized carbons (Fsp3) is 0.273. The Morgan fingerprint density at radius 3 is 1.99 bits per heavy atom. The zero-order chi connectivity index (χ0) is 48.0. The lowest BCUT2D eigenvalue weighted by molar-refractivity contribution is -0.150. The van der Waals surface area contributed by atoms with Gasteiger partial charge in [-0.2, -0.15) is 0 Å². The van der Waals surface area contributed by atoms with Crippen molar-refractivity contribution < 1.29 is 43.2 Å². The Hall–Kier alpha value is -7.26. The van der Waals surface area contributed by atoms with Crippen LogP contribution in [-0.4, -0.2) is 81.3 Å². The van der Waals surface area contributed by atoms with Crippen molar-refractivity contribution in [3.05, 3.63) is 162 Å². The van der Waals surface area contributed by atoms with Gasteiger partial charge in [-0.25, -0.2) is 0 Å². The second-order valence-electron chi connectivity index (χ2n) is 18.6. The molecule has 14 heteroatoms. The van der Waals surface area contributed by atoms with Gasteiger partial charge in [0.25, 0.3) is 17.7 Å². The average molecular weight is 943 g/mol. The molecular formula is C55H54N4O9Si. The standard InChI is InChI=1S/C55H54N4O9Si/c1-36-53(69(3,4)42-24-22-41(65-2)23-25-42)49(31-50(61)56(27-28-60)32-37-13-6-5-7-14-37)68-55(36)43-30-40(59-46-18-9-11-20-48(46)67-35-52(59)63)21-26-44(43)57(54(55)64)33-38-15-12-16-39(29-38)58-45-17-8-10-19-47(45)66-34-51(58)62/h5-26,29-30,36,49,53,60H,27-28,31-35H2,1-4H3/t36-,49+,53-,55+/m1/s1. The molecule has 4 aliphatic heterocycles. The van der Waals surface area contributed by atoms with Crippen molar-refractivity contribution in [2.45, 2.75) is 56.8 Å². The van der Waals surface area contributed by atoms with Crippen LogP contribution in [0.3, 0.4) is 0 Å². The molecule has 1 fully saturated rings. The van der Waals surface area contributed by atoms with E-state index in [0.717, 1.165) is 22.1 Å². The molecule has 0 aromatic heterocycles. The predicted octanol–water partition coefficient (Wildman–Crippen LogP) is 7.98. The lowest BCUT2D eigenvalue weighted by atomic mass is 9.82. The zero-order valence-corrected chi connectivity index (χ0v) is 40.0. The van der Waals surface area contributed by atoms with Crippen LogP contribution in [-0.2, 0) is 42.6 Å². The van der Waals surface area contributed by atoms with Crippen LogP contribution in [0.4, 0.5) is 28.4 Å². The minimum absolute atomic E-state index is 0.0368. The zero-order valence-electron chi connectivity index (χ0n) is 39.0. The monoisotopic (exact) mass is 942 g/mol. The number of carbonyl (C=O) groups is 4. The number of para-hydroxylation sites is 4. The van der Waals surface area contributed by atoms with Crippen molar-refractivity contribution in [2.24, 2.45) is 5.92 Å². The number of ether oxygens (including phenoxy) is 4. The van der Waals surface area contributed by atoms with Crippen molar-refractivity contribution in [2.75, 3.05) is 48.2 Å². The van der Waals surface area contributed by atoms with Crippen LogP contribution in [0.2, 0.25) is 18.6 Å². The second-order valence-corrected chi connectivity index (χ2v) is 23.3. The lowest BCUT2D eigenvalue weighted by Gasteiger charge is -2.37. The third-order valence-electron chi connectivity index (χ3n) is 14.3. The molecule has 6 aromatic carbocycles. The van der Waals surface area contributed by atoms with E-state index in [9.17, 15) is 19.5 Å². The number of carbonyl (C=O) groups excluding carboxylic acids is 4. The summed E-state index contributed by atoms with van der Waals surface area (Å²) >= 11 is 0. The molecule has 0 saturated carbocycles. The number of anilines is 5. The fourth-order valence-corrected chi connectivity index (χ4v) is 15.1. The van der Waals surface area contributed by atoms with Gasteiger partial charge in [-0.1, -0.05) is 104 Å². The molecule has 4 aliphatic rings. The van der Waals surface area contributed by atoms with E-state index >= 15 is 4.79 Å². The number of rotatable bonds is 13. The van der Waals surface area contributed by atoms with Gasteiger partial charge in [0.2, 0.25) is 5.91 Å². The molecule has 13 nitrogen and oxygen atoms in total. The summed E-state index contributed by atoms with van der Waals surface area (Å²) in [5.41, 5.74) is 3.41. The number of aliphatic hydroxyl groups excluding tert-OH is 1. The summed E-state index contributed by atoms with van der Waals surface area (Å²) < 4.78 is 24.6. The number of aliphatic hydroxyl groups is 1. The molecule has 0 aliphatic carbocycles. The highest BCUT2D eigenvalue weighted by Gasteiger charge is 2.66. The minimum atomic E-state index is -2.71. The summed E-state index contributed by atoms with van der Waals surface area (Å²) in [7, 11) is -1.08. The molecule has 352 valence electrons. The van der Waals surface area contributed by atoms with E-state index in [1.165, 1.54) is 0 Å². The van der Waals surface area contributed by atoms with E-state index in [0.29, 0.717) is 52.0 Å². The molecule has 69 heavy (non-hydrogen) atoms. The van der Waals surface area contributed by atoms with Gasteiger partial charge in [-0.05, 0) is 83.4 Å². The quantitative estimate of drug-likeness (QED) is 0.114. The molecule has 1 saturated heterocycles. The maximum Gasteiger partial charge on any atom is 0.269 e. The first-order valence-electron chi connectivity index (χ1n) is 23.3. The smallest absolute Gasteiger partial charge is 0.269 e. The van der Waals surface area contributed by atoms with Crippen molar-refractivity contribution in [1.29, 1.82) is 0 Å². The first kappa shape index (κ1) is 45.5.